The molecule has 0 saturated heterocycles. The zero-order chi connectivity index (χ0) is 20.4. The van der Waals surface area contributed by atoms with E-state index in [-0.39, 0.29) is 15.5 Å². The SMILES string of the molecule is COC(=O)c1cccc(NC(=O)c2cc(S(=O)(=O)N(C)C)ccc2Cl)c1C. The van der Waals surface area contributed by atoms with Gasteiger partial charge in [0.15, 0.2) is 0 Å². The van der Waals surface area contributed by atoms with Gasteiger partial charge < -0.3 is 10.1 Å². The van der Waals surface area contributed by atoms with Gasteiger partial charge in [-0.05, 0) is 42.8 Å². The molecule has 0 heterocycles. The number of esters is 1. The molecule has 0 aliphatic rings. The molecule has 9 heteroatoms. The molecule has 0 unspecified atom stereocenters. The van der Waals surface area contributed by atoms with Crippen molar-refractivity contribution in [3.8, 4) is 0 Å². The molecule has 0 saturated carbocycles. The predicted molar refractivity (Wildman–Crippen MR) is 103 cm³/mol. The van der Waals surface area contributed by atoms with Crippen LogP contribution in [0.5, 0.6) is 0 Å². The summed E-state index contributed by atoms with van der Waals surface area (Å²) >= 11 is 6.09. The van der Waals surface area contributed by atoms with Crippen LogP contribution in [0.1, 0.15) is 26.3 Å². The van der Waals surface area contributed by atoms with Crippen LogP contribution in [0.25, 0.3) is 0 Å². The van der Waals surface area contributed by atoms with Gasteiger partial charge in [-0.15, -0.1) is 0 Å². The molecule has 1 amide bonds. The molecule has 27 heavy (non-hydrogen) atoms. The normalized spacial score (nSPS) is 11.3. The molecule has 1 N–H and O–H groups in total. The maximum atomic E-state index is 12.7. The van der Waals surface area contributed by atoms with Crippen LogP contribution in [-0.4, -0.2) is 45.8 Å². The third kappa shape index (κ3) is 4.29. The number of rotatable bonds is 5. The fraction of sp³-hybridized carbons (Fsp3) is 0.222. The van der Waals surface area contributed by atoms with E-state index in [1.165, 1.54) is 39.4 Å². The Labute approximate surface area is 162 Å². The number of hydrogen-bond acceptors (Lipinski definition) is 5. The van der Waals surface area contributed by atoms with Crippen molar-refractivity contribution >= 4 is 39.2 Å². The summed E-state index contributed by atoms with van der Waals surface area (Å²) in [5, 5.41) is 2.76. The van der Waals surface area contributed by atoms with Gasteiger partial charge in [-0.2, -0.15) is 0 Å². The number of carbonyl (C=O) groups is 2. The molecule has 0 bridgehead atoms. The molecule has 0 aromatic heterocycles. The number of halogens is 1. The molecule has 2 rings (SSSR count). The molecule has 0 spiro atoms. The Kier molecular flexibility index (Phi) is 6.25. The quantitative estimate of drug-likeness (QED) is 0.765. The van der Waals surface area contributed by atoms with Crippen LogP contribution in [0.4, 0.5) is 5.69 Å². The number of hydrogen-bond donors (Lipinski definition) is 1. The molecule has 2 aromatic rings. The second-order valence-corrected chi connectivity index (χ2v) is 8.41. The molecule has 2 aromatic carbocycles. The highest BCUT2D eigenvalue weighted by molar-refractivity contribution is 7.89. The lowest BCUT2D eigenvalue weighted by Gasteiger charge is -2.14. The summed E-state index contributed by atoms with van der Waals surface area (Å²) in [6, 6.07) is 8.69. The average molecular weight is 411 g/mol. The minimum Gasteiger partial charge on any atom is -0.465 e. The Morgan fingerprint density at radius 3 is 2.37 bits per heavy atom. The van der Waals surface area contributed by atoms with E-state index in [0.717, 1.165) is 4.31 Å². The smallest absolute Gasteiger partial charge is 0.338 e. The van der Waals surface area contributed by atoms with Crippen LogP contribution in [0.15, 0.2) is 41.3 Å². The number of nitrogens with one attached hydrogen (secondary N) is 1. The number of carbonyl (C=O) groups excluding carboxylic acids is 2. The second kappa shape index (κ2) is 8.08. The van der Waals surface area contributed by atoms with E-state index < -0.39 is 21.9 Å². The molecule has 0 atom stereocenters. The lowest BCUT2D eigenvalue weighted by Crippen LogP contribution is -2.23. The lowest BCUT2D eigenvalue weighted by molar-refractivity contribution is 0.0599. The summed E-state index contributed by atoms with van der Waals surface area (Å²) in [5.41, 5.74) is 1.22. The van der Waals surface area contributed by atoms with Gasteiger partial charge in [0.25, 0.3) is 5.91 Å². The third-order valence-electron chi connectivity index (χ3n) is 3.95. The molecule has 0 aliphatic carbocycles. The molecule has 7 nitrogen and oxygen atoms in total. The highest BCUT2D eigenvalue weighted by atomic mass is 35.5. The van der Waals surface area contributed by atoms with Crippen molar-refractivity contribution in [2.75, 3.05) is 26.5 Å². The van der Waals surface area contributed by atoms with Crippen molar-refractivity contribution < 1.29 is 22.7 Å². The maximum absolute atomic E-state index is 12.7. The topological polar surface area (TPSA) is 92.8 Å². The van der Waals surface area contributed by atoms with Gasteiger partial charge >= 0.3 is 5.97 Å². The number of ether oxygens (including phenoxy) is 1. The van der Waals surface area contributed by atoms with E-state index >= 15 is 0 Å². The number of benzene rings is 2. The Balaban J connectivity index is 2.42. The Morgan fingerprint density at radius 1 is 1.11 bits per heavy atom. The maximum Gasteiger partial charge on any atom is 0.338 e. The van der Waals surface area contributed by atoms with Crippen molar-refractivity contribution in [1.82, 2.24) is 4.31 Å². The van der Waals surface area contributed by atoms with Crippen molar-refractivity contribution in [2.24, 2.45) is 0 Å². The Hall–Kier alpha value is -2.42. The van der Waals surface area contributed by atoms with Crippen LogP contribution in [0, 0.1) is 6.92 Å². The van der Waals surface area contributed by atoms with Gasteiger partial charge in [0.1, 0.15) is 0 Å². The standard InChI is InChI=1S/C18H19ClN2O5S/c1-11-13(18(23)26-4)6-5-7-16(11)20-17(22)14-10-12(8-9-15(14)19)27(24,25)21(2)3/h5-10H,1-4H3,(H,20,22). The van der Waals surface area contributed by atoms with E-state index in [4.69, 9.17) is 16.3 Å². The van der Waals surface area contributed by atoms with Gasteiger partial charge in [0.2, 0.25) is 10.0 Å². The number of anilines is 1. The molecular formula is C18H19ClN2O5S. The zero-order valence-electron chi connectivity index (χ0n) is 15.2. The van der Waals surface area contributed by atoms with E-state index in [9.17, 15) is 18.0 Å². The van der Waals surface area contributed by atoms with E-state index in [1.807, 2.05) is 0 Å². The summed E-state index contributed by atoms with van der Waals surface area (Å²) in [6.07, 6.45) is 0. The minimum absolute atomic E-state index is 0.00228. The van der Waals surface area contributed by atoms with Gasteiger partial charge in [0.05, 0.1) is 28.2 Å². The summed E-state index contributed by atoms with van der Waals surface area (Å²) in [5.74, 6) is -1.12. The van der Waals surface area contributed by atoms with Crippen LogP contribution < -0.4 is 5.32 Å². The summed E-state index contributed by atoms with van der Waals surface area (Å²) in [7, 11) is 0.337. The highest BCUT2D eigenvalue weighted by Crippen LogP contribution is 2.25. The van der Waals surface area contributed by atoms with E-state index in [0.29, 0.717) is 16.8 Å². The molecular weight excluding hydrogens is 392 g/mol. The predicted octanol–water partition coefficient (Wildman–Crippen LogP) is 2.94. The highest BCUT2D eigenvalue weighted by Gasteiger charge is 2.21. The zero-order valence-corrected chi connectivity index (χ0v) is 16.8. The van der Waals surface area contributed by atoms with Gasteiger partial charge in [-0.25, -0.2) is 17.5 Å². The fourth-order valence-corrected chi connectivity index (χ4v) is 3.47. The molecule has 0 aliphatic heterocycles. The number of methoxy groups -OCH3 is 1. The van der Waals surface area contributed by atoms with Crippen molar-refractivity contribution in [3.63, 3.8) is 0 Å². The summed E-state index contributed by atoms with van der Waals surface area (Å²) < 4.78 is 30.3. The average Bonchev–Trinajstić information content (AvgIpc) is 2.62. The summed E-state index contributed by atoms with van der Waals surface area (Å²) in [4.78, 5) is 24.4. The lowest BCUT2D eigenvalue weighted by atomic mass is 10.1. The van der Waals surface area contributed by atoms with Gasteiger partial charge in [0, 0.05) is 19.8 Å². The number of nitrogens with zero attached hydrogens (tertiary/aromatic N) is 1. The second-order valence-electron chi connectivity index (χ2n) is 5.85. The first kappa shape index (κ1) is 20.9. The fourth-order valence-electron chi connectivity index (χ4n) is 2.34. The van der Waals surface area contributed by atoms with Crippen molar-refractivity contribution in [2.45, 2.75) is 11.8 Å². The monoisotopic (exact) mass is 410 g/mol. The first-order chi connectivity index (χ1) is 12.6. The van der Waals surface area contributed by atoms with Crippen LogP contribution >= 0.6 is 11.6 Å². The van der Waals surface area contributed by atoms with Gasteiger partial charge in [-0.3, -0.25) is 4.79 Å². The Bertz CT molecular complexity index is 1000. The molecule has 0 radical (unpaired) electrons. The Morgan fingerprint density at radius 2 is 1.78 bits per heavy atom. The van der Waals surface area contributed by atoms with Gasteiger partial charge in [-0.1, -0.05) is 17.7 Å². The summed E-state index contributed by atoms with van der Waals surface area (Å²) in [6.45, 7) is 1.66. The molecule has 144 valence electrons. The number of sulfonamides is 1. The molecule has 0 fully saturated rings. The third-order valence-corrected chi connectivity index (χ3v) is 6.09. The van der Waals surface area contributed by atoms with E-state index in [1.54, 1.807) is 25.1 Å². The van der Waals surface area contributed by atoms with Crippen molar-refractivity contribution in [3.05, 3.63) is 58.1 Å². The van der Waals surface area contributed by atoms with Crippen LogP contribution in [0.3, 0.4) is 0 Å². The van der Waals surface area contributed by atoms with Crippen molar-refractivity contribution in [1.29, 1.82) is 0 Å². The van der Waals surface area contributed by atoms with E-state index in [2.05, 4.69) is 5.32 Å². The van der Waals surface area contributed by atoms with Crippen LogP contribution in [-0.2, 0) is 14.8 Å². The largest absolute Gasteiger partial charge is 0.465 e. The first-order valence-corrected chi connectivity index (χ1v) is 9.62. The first-order valence-electron chi connectivity index (χ1n) is 7.81. The minimum atomic E-state index is -3.72. The number of amides is 1. The van der Waals surface area contributed by atoms with Crippen LogP contribution in [0.2, 0.25) is 5.02 Å².